The van der Waals surface area contributed by atoms with Crippen LogP contribution in [-0.4, -0.2) is 19.1 Å². The molecule has 0 spiro atoms. The summed E-state index contributed by atoms with van der Waals surface area (Å²) < 4.78 is 13.0. The molecule has 9 aromatic rings. The maximum absolute atomic E-state index is 6.60. The number of imidazole rings is 1. The van der Waals surface area contributed by atoms with Crippen molar-refractivity contribution < 1.29 is 30.4 Å². The normalized spacial score (nSPS) is 12.3. The Morgan fingerprint density at radius 3 is 2.07 bits per heavy atom. The van der Waals surface area contributed by atoms with Gasteiger partial charge >= 0.3 is 0 Å². The third-order valence-corrected chi connectivity index (χ3v) is 11.2. The first-order valence-electron chi connectivity index (χ1n) is 20.3. The molecule has 0 saturated carbocycles. The molecule has 304 valence electrons. The molecule has 0 aliphatic heterocycles. The summed E-state index contributed by atoms with van der Waals surface area (Å²) in [7, 11) is 0. The van der Waals surface area contributed by atoms with E-state index in [0.29, 0.717) is 11.5 Å². The zero-order chi connectivity index (χ0) is 41.3. The van der Waals surface area contributed by atoms with Crippen molar-refractivity contribution in [3.63, 3.8) is 0 Å². The van der Waals surface area contributed by atoms with Crippen molar-refractivity contribution >= 4 is 32.8 Å². The molecule has 9 rings (SSSR count). The summed E-state index contributed by atoms with van der Waals surface area (Å²) in [6, 6.07) is 48.0. The zero-order valence-electron chi connectivity index (χ0n) is 35.7. The number of pyridine rings is 2. The SMILES string of the molecule is CC(C)(C)c1cccc(-[n+]2[c-]n(-c3[c-]c(Oc4[c-]c5c(cc4)c4cc(-c6ccccc6)ccc4n5-c4cc(C(C)(C)C)ccn4)cnc3)c3cc(C(C)(C)C)ccc32)c1.[Pt]. The second kappa shape index (κ2) is 15.3. The largest absolute Gasteiger partial charge is 0.508 e. The molecule has 0 amide bonds. The van der Waals surface area contributed by atoms with Crippen LogP contribution in [0.3, 0.4) is 0 Å². The van der Waals surface area contributed by atoms with Crippen molar-refractivity contribution in [2.45, 2.75) is 78.6 Å². The molecule has 0 unspecified atom stereocenters. The van der Waals surface area contributed by atoms with E-state index in [1.54, 1.807) is 6.20 Å². The van der Waals surface area contributed by atoms with Gasteiger partial charge in [0.2, 0.25) is 0 Å². The quantitative estimate of drug-likeness (QED) is 0.123. The molecule has 0 saturated heterocycles. The molecule has 0 radical (unpaired) electrons. The molecule has 0 bridgehead atoms. The van der Waals surface area contributed by atoms with Crippen LogP contribution in [-0.2, 0) is 37.3 Å². The van der Waals surface area contributed by atoms with Crippen LogP contribution in [0.5, 0.6) is 11.5 Å². The Bertz CT molecular complexity index is 3030. The Labute approximate surface area is 367 Å². The van der Waals surface area contributed by atoms with Crippen molar-refractivity contribution in [2.75, 3.05) is 0 Å². The van der Waals surface area contributed by atoms with E-state index < -0.39 is 0 Å². The molecule has 0 aliphatic rings. The van der Waals surface area contributed by atoms with E-state index in [4.69, 9.17) is 9.72 Å². The minimum absolute atomic E-state index is 0. The molecule has 0 N–H and O–H groups in total. The van der Waals surface area contributed by atoms with E-state index in [2.05, 4.69) is 198 Å². The van der Waals surface area contributed by atoms with Gasteiger partial charge in [-0.1, -0.05) is 141 Å². The van der Waals surface area contributed by atoms with Crippen LogP contribution in [0.25, 0.3) is 61.2 Å². The third-order valence-electron chi connectivity index (χ3n) is 11.2. The number of aromatic nitrogens is 5. The van der Waals surface area contributed by atoms with Gasteiger partial charge < -0.3 is 18.9 Å². The average Bonchev–Trinajstić information content (AvgIpc) is 3.76. The van der Waals surface area contributed by atoms with Gasteiger partial charge in [0.1, 0.15) is 5.82 Å². The summed E-state index contributed by atoms with van der Waals surface area (Å²) >= 11 is 0. The van der Waals surface area contributed by atoms with Gasteiger partial charge in [0, 0.05) is 44.3 Å². The fraction of sp³-hybridized carbons (Fsp3) is 0.226. The zero-order valence-corrected chi connectivity index (χ0v) is 37.9. The van der Waals surface area contributed by atoms with Gasteiger partial charge in [0.15, 0.2) is 0 Å². The standard InChI is InChI=1S/C53H49N5O.Pt/c1-51(2,3)37-16-13-17-40(27-37)56-34-57(49-28-38(52(4,5)6)19-23-47(49)56)41-30-43(33-54-32-41)59-42-20-21-44-45-26-36(35-14-11-10-12-15-35)18-22-46(45)58(48(44)31-42)50-29-39(24-25-55-50)53(7,8)9;/h10-29,32-33H,1-9H3;/q-2;. The van der Waals surface area contributed by atoms with Crippen LogP contribution >= 0.6 is 0 Å². The fourth-order valence-corrected chi connectivity index (χ4v) is 7.75. The molecule has 5 aromatic carbocycles. The molecule has 0 fully saturated rings. The Hall–Kier alpha value is -5.84. The summed E-state index contributed by atoms with van der Waals surface area (Å²) in [5, 5.41) is 2.18. The van der Waals surface area contributed by atoms with Gasteiger partial charge in [-0.25, -0.2) is 4.98 Å². The van der Waals surface area contributed by atoms with Gasteiger partial charge in [0.25, 0.3) is 6.33 Å². The van der Waals surface area contributed by atoms with E-state index in [9.17, 15) is 0 Å². The molecule has 0 aliphatic carbocycles. The first-order chi connectivity index (χ1) is 28.1. The molecule has 4 heterocycles. The summed E-state index contributed by atoms with van der Waals surface area (Å²) in [5.74, 6) is 1.86. The number of hydrogen-bond acceptors (Lipinski definition) is 3. The number of nitrogens with zero attached hydrogens (tertiary/aromatic N) is 5. The van der Waals surface area contributed by atoms with Crippen LogP contribution in [0.2, 0.25) is 0 Å². The average molecular weight is 967 g/mol. The minimum atomic E-state index is -0.0463. The van der Waals surface area contributed by atoms with Crippen molar-refractivity contribution in [3.05, 3.63) is 169 Å². The summed E-state index contributed by atoms with van der Waals surface area (Å²) in [5.41, 5.74) is 11.7. The van der Waals surface area contributed by atoms with Crippen molar-refractivity contribution in [2.24, 2.45) is 0 Å². The van der Waals surface area contributed by atoms with Crippen molar-refractivity contribution in [3.8, 4) is 39.8 Å². The fourth-order valence-electron chi connectivity index (χ4n) is 7.75. The topological polar surface area (TPSA) is 48.8 Å². The van der Waals surface area contributed by atoms with Crippen LogP contribution in [0.1, 0.15) is 79.0 Å². The summed E-state index contributed by atoms with van der Waals surface area (Å²) in [6.07, 6.45) is 9.06. The second-order valence-corrected chi connectivity index (χ2v) is 18.6. The van der Waals surface area contributed by atoms with E-state index >= 15 is 0 Å². The molecular formula is C53H49N5OPt-2. The smallest absolute Gasteiger partial charge is 0.268 e. The van der Waals surface area contributed by atoms with Gasteiger partial charge in [-0.3, -0.25) is 4.57 Å². The third kappa shape index (κ3) is 7.70. The van der Waals surface area contributed by atoms with Crippen molar-refractivity contribution in [1.82, 2.24) is 19.1 Å². The molecule has 60 heavy (non-hydrogen) atoms. The van der Waals surface area contributed by atoms with Gasteiger partial charge in [-0.15, -0.1) is 23.6 Å². The van der Waals surface area contributed by atoms with E-state index in [0.717, 1.165) is 55.6 Å². The number of ether oxygens (including phenoxy) is 1. The van der Waals surface area contributed by atoms with Crippen LogP contribution < -0.4 is 9.30 Å². The number of benzene rings is 5. The molecule has 6 nitrogen and oxygen atoms in total. The van der Waals surface area contributed by atoms with Crippen molar-refractivity contribution in [1.29, 1.82) is 0 Å². The van der Waals surface area contributed by atoms with Gasteiger partial charge in [-0.05, 0) is 97.7 Å². The van der Waals surface area contributed by atoms with Crippen LogP contribution in [0, 0.1) is 18.5 Å². The molecule has 4 aromatic heterocycles. The monoisotopic (exact) mass is 966 g/mol. The van der Waals surface area contributed by atoms with Crippen LogP contribution in [0.15, 0.2) is 134 Å². The second-order valence-electron chi connectivity index (χ2n) is 18.6. The Morgan fingerprint density at radius 1 is 0.583 bits per heavy atom. The van der Waals surface area contributed by atoms with E-state index in [1.807, 2.05) is 29.1 Å². The number of hydrogen-bond donors (Lipinski definition) is 0. The Morgan fingerprint density at radius 2 is 1.32 bits per heavy atom. The predicted molar refractivity (Wildman–Crippen MR) is 239 cm³/mol. The predicted octanol–water partition coefficient (Wildman–Crippen LogP) is 12.5. The Balaban J connectivity index is 0.00000499. The van der Waals surface area contributed by atoms with Gasteiger partial charge in [0.05, 0.1) is 16.7 Å². The molecule has 0 atom stereocenters. The van der Waals surface area contributed by atoms with Gasteiger partial charge in [-0.2, -0.15) is 6.07 Å². The molecular weight excluding hydrogens is 918 g/mol. The first-order valence-corrected chi connectivity index (χ1v) is 20.3. The Kier molecular flexibility index (Phi) is 10.4. The van der Waals surface area contributed by atoms with E-state index in [1.165, 1.54) is 22.3 Å². The summed E-state index contributed by atoms with van der Waals surface area (Å²) in [4.78, 5) is 9.56. The summed E-state index contributed by atoms with van der Waals surface area (Å²) in [6.45, 7) is 20.1. The first kappa shape index (κ1) is 40.9. The number of rotatable bonds is 6. The maximum atomic E-state index is 6.60. The molecule has 7 heteroatoms. The maximum Gasteiger partial charge on any atom is 0.268 e. The van der Waals surface area contributed by atoms with E-state index in [-0.39, 0.29) is 37.3 Å². The van der Waals surface area contributed by atoms with Crippen LogP contribution in [0.4, 0.5) is 0 Å². The number of fused-ring (bicyclic) bond motifs is 4. The minimum Gasteiger partial charge on any atom is -0.508 e.